The SMILES string of the molecule is Cc1sccc1C(N)C(C(F)(F)F)C(F)(F)F. The molecule has 0 aliphatic rings. The fraction of sp³-hybridized carbons (Fsp3) is 0.556. The van der Waals surface area contributed by atoms with E-state index in [0.717, 1.165) is 11.3 Å². The maximum absolute atomic E-state index is 12.4. The summed E-state index contributed by atoms with van der Waals surface area (Å²) in [6, 6.07) is -0.934. The summed E-state index contributed by atoms with van der Waals surface area (Å²) < 4.78 is 74.4. The van der Waals surface area contributed by atoms with E-state index in [1.165, 1.54) is 18.4 Å². The first-order valence-electron chi connectivity index (χ1n) is 4.48. The van der Waals surface area contributed by atoms with E-state index in [1.54, 1.807) is 0 Å². The van der Waals surface area contributed by atoms with E-state index in [2.05, 4.69) is 0 Å². The van der Waals surface area contributed by atoms with Crippen molar-refractivity contribution in [1.82, 2.24) is 0 Å². The summed E-state index contributed by atoms with van der Waals surface area (Å²) in [5, 5.41) is 1.41. The molecule has 0 spiro atoms. The molecule has 0 saturated carbocycles. The lowest BCUT2D eigenvalue weighted by Crippen LogP contribution is -2.44. The maximum Gasteiger partial charge on any atom is 0.402 e. The molecule has 0 fully saturated rings. The van der Waals surface area contributed by atoms with Crippen molar-refractivity contribution in [3.05, 3.63) is 21.9 Å². The van der Waals surface area contributed by atoms with Gasteiger partial charge in [0.15, 0.2) is 5.92 Å². The molecule has 1 aromatic rings. The van der Waals surface area contributed by atoms with Gasteiger partial charge in [-0.1, -0.05) is 0 Å². The van der Waals surface area contributed by atoms with Crippen LogP contribution in [0.5, 0.6) is 0 Å². The Morgan fingerprint density at radius 3 is 1.88 bits per heavy atom. The molecule has 0 aromatic carbocycles. The Bertz CT molecular complexity index is 366. The average molecular weight is 277 g/mol. The molecule has 0 saturated heterocycles. The van der Waals surface area contributed by atoms with E-state index < -0.39 is 24.3 Å². The molecule has 1 rings (SSSR count). The Morgan fingerprint density at radius 1 is 1.12 bits per heavy atom. The van der Waals surface area contributed by atoms with Gasteiger partial charge in [-0.2, -0.15) is 26.3 Å². The molecule has 1 heterocycles. The minimum atomic E-state index is -5.41. The number of rotatable bonds is 2. The lowest BCUT2D eigenvalue weighted by molar-refractivity contribution is -0.290. The zero-order valence-electron chi connectivity index (χ0n) is 8.56. The number of aryl methyl sites for hydroxylation is 1. The van der Waals surface area contributed by atoms with Crippen LogP contribution in [0.3, 0.4) is 0 Å². The first-order valence-corrected chi connectivity index (χ1v) is 5.36. The van der Waals surface area contributed by atoms with Crippen molar-refractivity contribution in [3.8, 4) is 0 Å². The van der Waals surface area contributed by atoms with E-state index in [1.807, 2.05) is 0 Å². The second-order valence-electron chi connectivity index (χ2n) is 3.52. The molecule has 98 valence electrons. The Morgan fingerprint density at radius 2 is 1.59 bits per heavy atom. The predicted molar refractivity (Wildman–Crippen MR) is 51.6 cm³/mol. The molecule has 1 nitrogen and oxygen atoms in total. The standard InChI is InChI=1S/C9H9F6NS/c1-4-5(2-3-17-4)6(16)7(8(10,11)12)9(13,14)15/h2-3,6-7H,16H2,1H3. The largest absolute Gasteiger partial charge is 0.402 e. The third-order valence-corrected chi connectivity index (χ3v) is 3.18. The molecular weight excluding hydrogens is 268 g/mol. The number of hydrogen-bond acceptors (Lipinski definition) is 2. The van der Waals surface area contributed by atoms with Crippen molar-refractivity contribution in [2.75, 3.05) is 0 Å². The third kappa shape index (κ3) is 3.12. The summed E-state index contributed by atoms with van der Waals surface area (Å²) in [5.74, 6) is -3.54. The quantitative estimate of drug-likeness (QED) is 0.818. The predicted octanol–water partition coefficient (Wildman–Crippen LogP) is 3.80. The molecule has 0 amide bonds. The van der Waals surface area contributed by atoms with Crippen molar-refractivity contribution in [2.24, 2.45) is 11.7 Å². The first kappa shape index (κ1) is 14.3. The number of alkyl halides is 6. The van der Waals surface area contributed by atoms with E-state index in [0.29, 0.717) is 4.88 Å². The Balaban J connectivity index is 3.13. The van der Waals surface area contributed by atoms with E-state index in [4.69, 9.17) is 5.73 Å². The summed E-state index contributed by atoms with van der Waals surface area (Å²) >= 11 is 1.06. The average Bonchev–Trinajstić information content (AvgIpc) is 2.45. The second kappa shape index (κ2) is 4.49. The fourth-order valence-electron chi connectivity index (χ4n) is 1.51. The molecule has 17 heavy (non-hydrogen) atoms. The van der Waals surface area contributed by atoms with Crippen LogP contribution >= 0.6 is 11.3 Å². The number of hydrogen-bond donors (Lipinski definition) is 1. The van der Waals surface area contributed by atoms with Crippen molar-refractivity contribution < 1.29 is 26.3 Å². The van der Waals surface area contributed by atoms with E-state index >= 15 is 0 Å². The molecule has 1 unspecified atom stereocenters. The highest BCUT2D eigenvalue weighted by atomic mass is 32.1. The van der Waals surface area contributed by atoms with Crippen LogP contribution in [0.2, 0.25) is 0 Å². The van der Waals surface area contributed by atoms with Crippen molar-refractivity contribution in [1.29, 1.82) is 0 Å². The van der Waals surface area contributed by atoms with Gasteiger partial charge in [-0.05, 0) is 23.9 Å². The van der Waals surface area contributed by atoms with Gasteiger partial charge in [-0.25, -0.2) is 0 Å². The lowest BCUT2D eigenvalue weighted by Gasteiger charge is -2.28. The van der Waals surface area contributed by atoms with Crippen LogP contribution in [0.1, 0.15) is 16.5 Å². The van der Waals surface area contributed by atoms with Crippen LogP contribution in [0.15, 0.2) is 11.4 Å². The summed E-state index contributed by atoms with van der Waals surface area (Å²) in [6.45, 7) is 1.43. The molecule has 8 heteroatoms. The molecule has 1 atom stereocenters. The third-order valence-electron chi connectivity index (χ3n) is 2.32. The highest BCUT2D eigenvalue weighted by Crippen LogP contribution is 2.46. The summed E-state index contributed by atoms with van der Waals surface area (Å²) in [5.41, 5.74) is 5.01. The summed E-state index contributed by atoms with van der Waals surface area (Å²) in [6.07, 6.45) is -10.8. The zero-order valence-corrected chi connectivity index (χ0v) is 9.38. The van der Waals surface area contributed by atoms with E-state index in [-0.39, 0.29) is 5.56 Å². The topological polar surface area (TPSA) is 26.0 Å². The van der Waals surface area contributed by atoms with Gasteiger partial charge in [0.1, 0.15) is 0 Å². The molecule has 2 N–H and O–H groups in total. The molecule has 1 aromatic heterocycles. The van der Waals surface area contributed by atoms with Crippen LogP contribution < -0.4 is 5.73 Å². The molecule has 0 bridgehead atoms. The second-order valence-corrected chi connectivity index (χ2v) is 4.64. The van der Waals surface area contributed by atoms with Crippen LogP contribution in [0, 0.1) is 12.8 Å². The normalized spacial score (nSPS) is 15.4. The van der Waals surface area contributed by atoms with Gasteiger partial charge in [0.25, 0.3) is 0 Å². The van der Waals surface area contributed by atoms with Crippen LogP contribution in [-0.2, 0) is 0 Å². The summed E-state index contributed by atoms with van der Waals surface area (Å²) in [7, 11) is 0. The molecule has 0 aliphatic carbocycles. The molecule has 0 aliphatic heterocycles. The van der Waals surface area contributed by atoms with E-state index in [9.17, 15) is 26.3 Å². The van der Waals surface area contributed by atoms with Crippen molar-refractivity contribution >= 4 is 11.3 Å². The highest BCUT2D eigenvalue weighted by molar-refractivity contribution is 7.10. The van der Waals surface area contributed by atoms with Gasteiger partial charge >= 0.3 is 12.4 Å². The highest BCUT2D eigenvalue weighted by Gasteiger charge is 2.59. The Hall–Kier alpha value is -0.760. The van der Waals surface area contributed by atoms with Gasteiger partial charge in [-0.3, -0.25) is 0 Å². The summed E-state index contributed by atoms with van der Waals surface area (Å²) in [4.78, 5) is 0.357. The van der Waals surface area contributed by atoms with Crippen LogP contribution in [-0.4, -0.2) is 12.4 Å². The van der Waals surface area contributed by atoms with Gasteiger partial charge < -0.3 is 5.73 Å². The van der Waals surface area contributed by atoms with Crippen molar-refractivity contribution in [3.63, 3.8) is 0 Å². The number of thiophene rings is 1. The smallest absolute Gasteiger partial charge is 0.323 e. The van der Waals surface area contributed by atoms with Gasteiger partial charge in [0.2, 0.25) is 0 Å². The number of halogens is 6. The number of nitrogens with two attached hydrogens (primary N) is 1. The minimum Gasteiger partial charge on any atom is -0.323 e. The van der Waals surface area contributed by atoms with Crippen LogP contribution in [0.4, 0.5) is 26.3 Å². The van der Waals surface area contributed by atoms with Gasteiger partial charge in [0.05, 0.1) is 6.04 Å². The lowest BCUT2D eigenvalue weighted by atomic mass is 9.93. The fourth-order valence-corrected chi connectivity index (χ4v) is 2.27. The zero-order chi connectivity index (χ0) is 13.4. The van der Waals surface area contributed by atoms with Crippen molar-refractivity contribution in [2.45, 2.75) is 25.3 Å². The Kier molecular flexibility index (Phi) is 3.78. The maximum atomic E-state index is 12.4. The Labute approximate surface area is 97.2 Å². The monoisotopic (exact) mass is 277 g/mol. The van der Waals surface area contributed by atoms with Gasteiger partial charge in [-0.15, -0.1) is 11.3 Å². The molecule has 0 radical (unpaired) electrons. The molecular formula is C9H9F6NS. The minimum absolute atomic E-state index is 0.116. The van der Waals surface area contributed by atoms with Gasteiger partial charge in [0, 0.05) is 4.88 Å². The van der Waals surface area contributed by atoms with Crippen LogP contribution in [0.25, 0.3) is 0 Å². The first-order chi connectivity index (χ1) is 7.55.